The highest BCUT2D eigenvalue weighted by Gasteiger charge is 2.52. The molecular weight excluding hydrogens is 321 g/mol. The van der Waals surface area contributed by atoms with Gasteiger partial charge in [-0.25, -0.2) is 4.98 Å². The molecule has 0 unspecified atom stereocenters. The van der Waals surface area contributed by atoms with E-state index in [1.165, 1.54) is 0 Å². The van der Waals surface area contributed by atoms with Gasteiger partial charge in [-0.05, 0) is 68.6 Å². The maximum atomic E-state index is 5.99. The van der Waals surface area contributed by atoms with Crippen LogP contribution in [0.15, 0.2) is 16.7 Å². The van der Waals surface area contributed by atoms with E-state index in [0.717, 1.165) is 24.2 Å². The first-order valence-electron chi connectivity index (χ1n) is 6.97. The van der Waals surface area contributed by atoms with Crippen LogP contribution in [0.2, 0.25) is 0 Å². The van der Waals surface area contributed by atoms with E-state index in [1.807, 2.05) is 39.8 Å². The van der Waals surface area contributed by atoms with Crippen molar-refractivity contribution in [2.75, 3.05) is 0 Å². The fourth-order valence-electron chi connectivity index (χ4n) is 1.98. The van der Waals surface area contributed by atoms with Crippen molar-refractivity contribution in [2.24, 2.45) is 0 Å². The van der Waals surface area contributed by atoms with Crippen LogP contribution in [-0.2, 0) is 9.31 Å². The van der Waals surface area contributed by atoms with Crippen molar-refractivity contribution in [2.45, 2.75) is 57.8 Å². The average Bonchev–Trinajstić information content (AvgIpc) is 3.10. The Morgan fingerprint density at radius 2 is 1.80 bits per heavy atom. The molecule has 1 aromatic rings. The van der Waals surface area contributed by atoms with Crippen LogP contribution in [-0.4, -0.2) is 29.4 Å². The summed E-state index contributed by atoms with van der Waals surface area (Å²) in [5.41, 5.74) is 0.0583. The summed E-state index contributed by atoms with van der Waals surface area (Å²) < 4.78 is 18.5. The quantitative estimate of drug-likeness (QED) is 0.627. The summed E-state index contributed by atoms with van der Waals surface area (Å²) in [4.78, 5) is 4.51. The highest BCUT2D eigenvalue weighted by Crippen LogP contribution is 2.37. The molecule has 2 heterocycles. The smallest absolute Gasteiger partial charge is 0.488 e. The molecule has 0 amide bonds. The second-order valence-electron chi connectivity index (χ2n) is 6.43. The van der Waals surface area contributed by atoms with Crippen LogP contribution in [0.3, 0.4) is 0 Å². The lowest BCUT2D eigenvalue weighted by Crippen LogP contribution is -2.41. The van der Waals surface area contributed by atoms with Crippen LogP contribution in [0.5, 0.6) is 5.75 Å². The molecule has 6 heteroatoms. The molecule has 1 saturated heterocycles. The van der Waals surface area contributed by atoms with E-state index >= 15 is 0 Å². The van der Waals surface area contributed by atoms with E-state index in [-0.39, 0.29) is 11.2 Å². The second-order valence-corrected chi connectivity index (χ2v) is 7.18. The predicted molar refractivity (Wildman–Crippen MR) is 81.3 cm³/mol. The maximum absolute atomic E-state index is 5.99. The Labute approximate surface area is 128 Å². The van der Waals surface area contributed by atoms with Gasteiger partial charge in [0.15, 0.2) is 5.75 Å². The summed E-state index contributed by atoms with van der Waals surface area (Å²) in [6, 6.07) is 3.83. The van der Waals surface area contributed by atoms with Crippen molar-refractivity contribution < 1.29 is 14.0 Å². The summed E-state index contributed by atoms with van der Waals surface area (Å²) in [6.07, 6.45) is 2.62. The van der Waals surface area contributed by atoms with Crippen molar-refractivity contribution in [1.29, 1.82) is 0 Å². The van der Waals surface area contributed by atoms with E-state index in [2.05, 4.69) is 20.9 Å². The first-order chi connectivity index (χ1) is 9.28. The van der Waals surface area contributed by atoms with E-state index in [9.17, 15) is 0 Å². The van der Waals surface area contributed by atoms with Gasteiger partial charge in [0, 0.05) is 0 Å². The molecular formula is C14H19BBrNO3. The Morgan fingerprint density at radius 3 is 2.30 bits per heavy atom. The van der Waals surface area contributed by atoms with Crippen molar-refractivity contribution in [3.8, 4) is 5.75 Å². The van der Waals surface area contributed by atoms with Crippen molar-refractivity contribution in [3.63, 3.8) is 0 Å². The number of ether oxygens (including phenoxy) is 1. The minimum absolute atomic E-state index is 0.352. The van der Waals surface area contributed by atoms with Gasteiger partial charge in [0.1, 0.15) is 4.60 Å². The van der Waals surface area contributed by atoms with E-state index in [4.69, 9.17) is 14.0 Å². The number of halogens is 1. The van der Waals surface area contributed by atoms with Gasteiger partial charge in [-0.2, -0.15) is 0 Å². The molecule has 0 N–H and O–H groups in total. The van der Waals surface area contributed by atoms with Crippen LogP contribution in [0.25, 0.3) is 0 Å². The molecule has 4 nitrogen and oxygen atoms in total. The fourth-order valence-corrected chi connectivity index (χ4v) is 2.41. The molecule has 2 aliphatic rings. The maximum Gasteiger partial charge on any atom is 0.514 e. The number of aromatic nitrogens is 1. The molecule has 0 spiro atoms. The minimum Gasteiger partial charge on any atom is -0.488 e. The molecule has 1 aliphatic heterocycles. The normalized spacial score (nSPS) is 23.9. The van der Waals surface area contributed by atoms with E-state index in [1.54, 1.807) is 0 Å². The zero-order valence-electron chi connectivity index (χ0n) is 12.3. The third kappa shape index (κ3) is 2.61. The third-order valence-electron chi connectivity index (χ3n) is 4.15. The SMILES string of the molecule is CC1(C)OB(c2ccc(OC3CC3)c(Br)n2)OC1(C)C. The lowest BCUT2D eigenvalue weighted by molar-refractivity contribution is 0.00578. The Kier molecular flexibility index (Phi) is 3.38. The van der Waals surface area contributed by atoms with Crippen molar-refractivity contribution in [3.05, 3.63) is 16.7 Å². The standard InChI is InChI=1S/C14H19BBrNO3/c1-13(2)14(3,4)20-15(19-13)11-8-7-10(12(16)17-11)18-9-5-6-9/h7-9H,5-6H2,1-4H3. The molecule has 20 heavy (non-hydrogen) atoms. The van der Waals surface area contributed by atoms with Crippen LogP contribution < -0.4 is 10.3 Å². The Hall–Kier alpha value is -0.585. The van der Waals surface area contributed by atoms with Gasteiger partial charge in [0.05, 0.1) is 22.9 Å². The molecule has 3 rings (SSSR count). The molecule has 0 aromatic carbocycles. The third-order valence-corrected chi connectivity index (χ3v) is 4.72. The molecule has 2 fully saturated rings. The summed E-state index contributed by atoms with van der Waals surface area (Å²) in [5, 5.41) is 0. The molecule has 0 bridgehead atoms. The molecule has 1 aliphatic carbocycles. The largest absolute Gasteiger partial charge is 0.514 e. The van der Waals surface area contributed by atoms with Crippen LogP contribution in [0.1, 0.15) is 40.5 Å². The Morgan fingerprint density at radius 1 is 1.20 bits per heavy atom. The molecule has 0 radical (unpaired) electrons. The zero-order valence-corrected chi connectivity index (χ0v) is 13.9. The van der Waals surface area contributed by atoms with Crippen LogP contribution in [0, 0.1) is 0 Å². The highest BCUT2D eigenvalue weighted by molar-refractivity contribution is 9.10. The van der Waals surface area contributed by atoms with Gasteiger partial charge in [0.2, 0.25) is 0 Å². The minimum atomic E-state index is -0.439. The topological polar surface area (TPSA) is 40.6 Å². The molecule has 108 valence electrons. The lowest BCUT2D eigenvalue weighted by atomic mass is 9.84. The second kappa shape index (κ2) is 4.72. The number of pyridine rings is 1. The van der Waals surface area contributed by atoms with Crippen molar-refractivity contribution in [1.82, 2.24) is 4.98 Å². The van der Waals surface area contributed by atoms with Gasteiger partial charge >= 0.3 is 7.12 Å². The lowest BCUT2D eigenvalue weighted by Gasteiger charge is -2.32. The monoisotopic (exact) mass is 339 g/mol. The van der Waals surface area contributed by atoms with E-state index < -0.39 is 7.12 Å². The fraction of sp³-hybridized carbons (Fsp3) is 0.643. The number of nitrogens with zero attached hydrogens (tertiary/aromatic N) is 1. The Balaban J connectivity index is 1.79. The van der Waals surface area contributed by atoms with Crippen LogP contribution >= 0.6 is 15.9 Å². The van der Waals surface area contributed by atoms with Gasteiger partial charge in [0.25, 0.3) is 0 Å². The Bertz CT molecular complexity index is 515. The summed E-state index contributed by atoms with van der Waals surface area (Å²) in [6.45, 7) is 8.14. The summed E-state index contributed by atoms with van der Waals surface area (Å²) in [7, 11) is -0.439. The number of hydrogen-bond donors (Lipinski definition) is 0. The molecule has 0 atom stereocenters. The number of hydrogen-bond acceptors (Lipinski definition) is 4. The van der Waals surface area contributed by atoms with Crippen molar-refractivity contribution >= 4 is 28.6 Å². The molecule has 1 saturated carbocycles. The van der Waals surface area contributed by atoms with Gasteiger partial charge in [-0.1, -0.05) is 0 Å². The van der Waals surface area contributed by atoms with Gasteiger partial charge < -0.3 is 14.0 Å². The highest BCUT2D eigenvalue weighted by atomic mass is 79.9. The number of rotatable bonds is 3. The summed E-state index contributed by atoms with van der Waals surface area (Å²) >= 11 is 3.46. The average molecular weight is 340 g/mol. The van der Waals surface area contributed by atoms with Gasteiger partial charge in [-0.15, -0.1) is 0 Å². The van der Waals surface area contributed by atoms with Crippen LogP contribution in [0.4, 0.5) is 0 Å². The van der Waals surface area contributed by atoms with Gasteiger partial charge in [-0.3, -0.25) is 0 Å². The first-order valence-corrected chi connectivity index (χ1v) is 7.76. The van der Waals surface area contributed by atoms with E-state index in [0.29, 0.717) is 10.7 Å². The first kappa shape index (κ1) is 14.4. The zero-order chi connectivity index (χ0) is 14.5. The molecule has 1 aromatic heterocycles. The summed E-state index contributed by atoms with van der Waals surface area (Å²) in [5.74, 6) is 0.785. The predicted octanol–water partition coefficient (Wildman–Crippen LogP) is 2.68.